The molecule has 1 saturated heterocycles. The predicted molar refractivity (Wildman–Crippen MR) is 141 cm³/mol. The third kappa shape index (κ3) is 7.36. The van der Waals surface area contributed by atoms with Gasteiger partial charge in [0.2, 0.25) is 5.91 Å². The molecule has 4 N–H and O–H groups in total. The van der Waals surface area contributed by atoms with Gasteiger partial charge >= 0.3 is 6.36 Å². The number of carbonyl (C=O) groups is 1. The molecule has 1 aliphatic carbocycles. The summed E-state index contributed by atoms with van der Waals surface area (Å²) in [6.07, 6.45) is -4.97. The molecular formula is C29H36F4N2O6. The van der Waals surface area contributed by atoms with Crippen LogP contribution in [0, 0.1) is 11.7 Å². The maximum atomic E-state index is 15.5. The summed E-state index contributed by atoms with van der Waals surface area (Å²) >= 11 is 0. The molecule has 2 aromatic rings. The first-order valence-corrected chi connectivity index (χ1v) is 13.6. The Morgan fingerprint density at radius 2 is 1.93 bits per heavy atom. The zero-order chi connectivity index (χ0) is 29.8. The van der Waals surface area contributed by atoms with Crippen molar-refractivity contribution in [1.82, 2.24) is 4.90 Å². The van der Waals surface area contributed by atoms with Gasteiger partial charge in [0.15, 0.2) is 0 Å². The minimum absolute atomic E-state index is 0.00534. The molecule has 0 aromatic heterocycles. The van der Waals surface area contributed by atoms with Crippen LogP contribution in [0.5, 0.6) is 5.75 Å². The van der Waals surface area contributed by atoms with E-state index in [1.165, 1.54) is 24.3 Å². The lowest BCUT2D eigenvalue weighted by Gasteiger charge is -2.43. The van der Waals surface area contributed by atoms with Gasteiger partial charge in [-0.15, -0.1) is 13.2 Å². The first kappa shape index (κ1) is 31.2. The van der Waals surface area contributed by atoms with Crippen LogP contribution in [-0.4, -0.2) is 79.0 Å². The predicted octanol–water partition coefficient (Wildman–Crippen LogP) is 3.72. The summed E-state index contributed by atoms with van der Waals surface area (Å²) in [6.45, 7) is 0.791. The Hall–Kier alpha value is -2.77. The number of nitrogens with two attached hydrogens (primary N) is 1. The summed E-state index contributed by atoms with van der Waals surface area (Å²) in [4.78, 5) is 14.9. The van der Waals surface area contributed by atoms with Crippen LogP contribution in [-0.2, 0) is 19.9 Å². The van der Waals surface area contributed by atoms with Crippen LogP contribution < -0.4 is 10.5 Å². The Bertz CT molecular complexity index is 1190. The fraction of sp³-hybridized carbons (Fsp3) is 0.552. The van der Waals surface area contributed by atoms with Gasteiger partial charge in [0, 0.05) is 37.8 Å². The normalized spacial score (nSPS) is 24.7. The molecule has 0 spiro atoms. The molecular weight excluding hydrogens is 548 g/mol. The Labute approximate surface area is 236 Å². The number of amides is 1. The quantitative estimate of drug-likeness (QED) is 0.288. The van der Waals surface area contributed by atoms with Gasteiger partial charge in [0.05, 0.1) is 19.3 Å². The molecule has 2 aromatic carbocycles. The van der Waals surface area contributed by atoms with Gasteiger partial charge in [0.25, 0.3) is 0 Å². The number of aliphatic hydroxyl groups excluding tert-OH is 1. The SMILES string of the molecule is COCCCC[C@@](O)(c1cccc(F)c1-c1cccc(OC(F)(F)F)c1)C1CN(C(=O)[C@H]2C[C@@H](N)[C@@H](O)C2)CCO1. The van der Waals surface area contributed by atoms with Crippen molar-refractivity contribution in [3.05, 3.63) is 53.8 Å². The van der Waals surface area contributed by atoms with Crippen LogP contribution in [0.15, 0.2) is 42.5 Å². The van der Waals surface area contributed by atoms with E-state index in [-0.39, 0.29) is 55.1 Å². The number of ether oxygens (including phenoxy) is 3. The maximum Gasteiger partial charge on any atom is 0.573 e. The monoisotopic (exact) mass is 584 g/mol. The molecule has 1 heterocycles. The number of alkyl halides is 3. The number of rotatable bonds is 10. The number of aliphatic hydroxyl groups is 2. The van der Waals surface area contributed by atoms with Crippen LogP contribution in [0.2, 0.25) is 0 Å². The van der Waals surface area contributed by atoms with Gasteiger partial charge < -0.3 is 35.1 Å². The van der Waals surface area contributed by atoms with Gasteiger partial charge in [-0.05, 0) is 61.4 Å². The number of benzene rings is 2. The van der Waals surface area contributed by atoms with E-state index in [9.17, 15) is 28.2 Å². The van der Waals surface area contributed by atoms with E-state index in [1.807, 2.05) is 0 Å². The Balaban J connectivity index is 1.70. The zero-order valence-corrected chi connectivity index (χ0v) is 22.8. The molecule has 1 aliphatic heterocycles. The molecule has 41 heavy (non-hydrogen) atoms. The number of nitrogens with zero attached hydrogens (tertiary/aromatic N) is 1. The third-order valence-corrected chi connectivity index (χ3v) is 7.83. The van der Waals surface area contributed by atoms with E-state index in [4.69, 9.17) is 15.2 Å². The molecule has 0 radical (unpaired) electrons. The Morgan fingerprint density at radius 1 is 1.17 bits per heavy atom. The van der Waals surface area contributed by atoms with Crippen LogP contribution in [0.25, 0.3) is 11.1 Å². The van der Waals surface area contributed by atoms with Gasteiger partial charge in [-0.2, -0.15) is 0 Å². The molecule has 226 valence electrons. The fourth-order valence-corrected chi connectivity index (χ4v) is 5.78. The minimum Gasteiger partial charge on any atom is -0.406 e. The van der Waals surface area contributed by atoms with Crippen LogP contribution in [0.3, 0.4) is 0 Å². The second-order valence-corrected chi connectivity index (χ2v) is 10.7. The summed E-state index contributed by atoms with van der Waals surface area (Å²) in [6, 6.07) is 8.50. The van der Waals surface area contributed by atoms with Crippen LogP contribution in [0.4, 0.5) is 17.6 Å². The van der Waals surface area contributed by atoms with Crippen molar-refractivity contribution < 1.29 is 46.8 Å². The molecule has 4 rings (SSSR count). The summed E-state index contributed by atoms with van der Waals surface area (Å²) in [5.74, 6) is -1.95. The summed E-state index contributed by atoms with van der Waals surface area (Å²) in [7, 11) is 1.55. The summed E-state index contributed by atoms with van der Waals surface area (Å²) in [5.41, 5.74) is 4.20. The number of methoxy groups -OCH3 is 1. The van der Waals surface area contributed by atoms with Gasteiger partial charge in [-0.3, -0.25) is 4.79 Å². The third-order valence-electron chi connectivity index (χ3n) is 7.83. The van der Waals surface area contributed by atoms with Crippen molar-refractivity contribution in [2.75, 3.05) is 33.4 Å². The summed E-state index contributed by atoms with van der Waals surface area (Å²) < 4.78 is 69.4. The van der Waals surface area contributed by atoms with E-state index in [2.05, 4.69) is 4.74 Å². The van der Waals surface area contributed by atoms with Crippen molar-refractivity contribution in [2.45, 2.75) is 62.3 Å². The molecule has 1 unspecified atom stereocenters. The van der Waals surface area contributed by atoms with E-state index < -0.39 is 47.7 Å². The number of unbranched alkanes of at least 4 members (excludes halogenated alkanes) is 1. The average Bonchev–Trinajstić information content (AvgIpc) is 3.27. The largest absolute Gasteiger partial charge is 0.573 e. The molecule has 1 amide bonds. The van der Waals surface area contributed by atoms with E-state index in [0.29, 0.717) is 25.9 Å². The lowest BCUT2D eigenvalue weighted by Crippen LogP contribution is -2.55. The van der Waals surface area contributed by atoms with Crippen molar-refractivity contribution >= 4 is 5.91 Å². The number of hydrogen-bond donors (Lipinski definition) is 3. The van der Waals surface area contributed by atoms with Gasteiger partial charge in [-0.1, -0.05) is 24.3 Å². The molecule has 2 aliphatic rings. The highest BCUT2D eigenvalue weighted by Gasteiger charge is 2.46. The van der Waals surface area contributed by atoms with E-state index in [1.54, 1.807) is 12.0 Å². The molecule has 1 saturated carbocycles. The molecule has 0 bridgehead atoms. The molecule has 8 nitrogen and oxygen atoms in total. The van der Waals surface area contributed by atoms with Crippen LogP contribution >= 0.6 is 0 Å². The first-order valence-electron chi connectivity index (χ1n) is 13.6. The van der Waals surface area contributed by atoms with E-state index >= 15 is 4.39 Å². The zero-order valence-electron chi connectivity index (χ0n) is 22.8. The second kappa shape index (κ2) is 13.0. The standard InChI is InChI=1S/C29H36F4N2O6/c1-39-12-3-2-10-28(38,25-17-35(11-13-40-25)27(37)19-15-23(34)24(36)16-19)21-8-5-9-22(30)26(21)18-6-4-7-20(14-18)41-29(31,32)33/h4-9,14,19,23-25,36,38H,2-3,10-13,15-17,34H2,1H3/t19-,23+,24-,25?,28+/m0/s1. The highest BCUT2D eigenvalue weighted by atomic mass is 19.4. The number of carbonyl (C=O) groups excluding carboxylic acids is 1. The first-order chi connectivity index (χ1) is 19.4. The van der Waals surface area contributed by atoms with Crippen molar-refractivity contribution in [3.63, 3.8) is 0 Å². The minimum atomic E-state index is -4.94. The highest BCUT2D eigenvalue weighted by molar-refractivity contribution is 5.79. The average molecular weight is 585 g/mol. The number of hydrogen-bond acceptors (Lipinski definition) is 7. The topological polar surface area (TPSA) is 114 Å². The Kier molecular flexibility index (Phi) is 9.91. The molecule has 5 atom stereocenters. The summed E-state index contributed by atoms with van der Waals surface area (Å²) in [5, 5.41) is 22.4. The smallest absolute Gasteiger partial charge is 0.406 e. The number of morpholine rings is 1. The second-order valence-electron chi connectivity index (χ2n) is 10.7. The lowest BCUT2D eigenvalue weighted by molar-refractivity contribution is -0.274. The molecule has 2 fully saturated rings. The lowest BCUT2D eigenvalue weighted by atomic mass is 9.78. The van der Waals surface area contributed by atoms with Crippen molar-refractivity contribution in [3.8, 4) is 16.9 Å². The van der Waals surface area contributed by atoms with Crippen molar-refractivity contribution in [1.29, 1.82) is 0 Å². The highest BCUT2D eigenvalue weighted by Crippen LogP contribution is 2.42. The molecule has 12 heteroatoms. The fourth-order valence-electron chi connectivity index (χ4n) is 5.78. The Morgan fingerprint density at radius 3 is 2.61 bits per heavy atom. The van der Waals surface area contributed by atoms with Crippen molar-refractivity contribution in [2.24, 2.45) is 11.7 Å². The number of halogens is 4. The maximum absolute atomic E-state index is 15.5. The van der Waals surface area contributed by atoms with Crippen LogP contribution in [0.1, 0.15) is 37.7 Å². The van der Waals surface area contributed by atoms with Gasteiger partial charge in [0.1, 0.15) is 23.3 Å². The van der Waals surface area contributed by atoms with Gasteiger partial charge in [-0.25, -0.2) is 4.39 Å². The van der Waals surface area contributed by atoms with E-state index in [0.717, 1.165) is 18.2 Å².